The van der Waals surface area contributed by atoms with Crippen LogP contribution in [0.4, 0.5) is 0 Å². The fourth-order valence-corrected chi connectivity index (χ4v) is 3.27. The molecule has 28 heavy (non-hydrogen) atoms. The van der Waals surface area contributed by atoms with Crippen molar-refractivity contribution in [3.63, 3.8) is 0 Å². The molecule has 1 aromatic carbocycles. The number of imidazole rings is 1. The van der Waals surface area contributed by atoms with E-state index in [0.29, 0.717) is 35.3 Å². The van der Waals surface area contributed by atoms with Gasteiger partial charge in [-0.2, -0.15) is 4.98 Å². The third-order valence-electron chi connectivity index (χ3n) is 4.80. The van der Waals surface area contributed by atoms with Gasteiger partial charge in [-0.05, 0) is 24.1 Å². The Bertz CT molecular complexity index is 1080. The second-order valence-electron chi connectivity index (χ2n) is 6.89. The molecule has 0 amide bonds. The molecule has 0 aliphatic heterocycles. The molecule has 150 valence electrons. The summed E-state index contributed by atoms with van der Waals surface area (Å²) in [6.45, 7) is 3.06. The summed E-state index contributed by atoms with van der Waals surface area (Å²) in [5.41, 5.74) is 0.827. The number of benzene rings is 1. The number of nitrogens with zero attached hydrogens (tertiary/aromatic N) is 4. The molecule has 0 saturated carbocycles. The van der Waals surface area contributed by atoms with Crippen molar-refractivity contribution in [2.45, 2.75) is 39.2 Å². The van der Waals surface area contributed by atoms with Gasteiger partial charge in [0, 0.05) is 19.1 Å². The number of aromatic nitrogens is 4. The largest absolute Gasteiger partial charge is 0.465 e. The molecule has 0 N–H and O–H groups in total. The van der Waals surface area contributed by atoms with Gasteiger partial charge in [0.25, 0.3) is 11.6 Å². The van der Waals surface area contributed by atoms with Crippen LogP contribution in [0.1, 0.15) is 38.2 Å². The first-order chi connectivity index (χ1) is 13.4. The van der Waals surface area contributed by atoms with Crippen molar-refractivity contribution in [1.29, 1.82) is 0 Å². The van der Waals surface area contributed by atoms with Gasteiger partial charge in [-0.1, -0.05) is 49.9 Å². The Labute approximate surface area is 168 Å². The highest BCUT2D eigenvalue weighted by molar-refractivity contribution is 6.30. The molecular formula is C20H25ClN4O3. The highest BCUT2D eigenvalue weighted by atomic mass is 35.5. The van der Waals surface area contributed by atoms with Crippen molar-refractivity contribution in [1.82, 2.24) is 18.7 Å². The van der Waals surface area contributed by atoms with Crippen molar-refractivity contribution in [3.8, 4) is 6.01 Å². The van der Waals surface area contributed by atoms with Crippen LogP contribution in [0, 0.1) is 0 Å². The molecule has 0 saturated heterocycles. The first-order valence-electron chi connectivity index (χ1n) is 9.47. The summed E-state index contributed by atoms with van der Waals surface area (Å²) >= 11 is 5.98. The van der Waals surface area contributed by atoms with Gasteiger partial charge in [-0.3, -0.25) is 18.5 Å². The molecule has 0 unspecified atom stereocenters. The smallest absolute Gasteiger partial charge is 0.332 e. The van der Waals surface area contributed by atoms with Gasteiger partial charge >= 0.3 is 5.69 Å². The third kappa shape index (κ3) is 3.99. The second kappa shape index (κ2) is 8.65. The van der Waals surface area contributed by atoms with Gasteiger partial charge in [0.15, 0.2) is 11.2 Å². The highest BCUT2D eigenvalue weighted by Crippen LogP contribution is 2.21. The lowest BCUT2D eigenvalue weighted by atomic mass is 10.2. The van der Waals surface area contributed by atoms with Gasteiger partial charge in [0.1, 0.15) is 0 Å². The van der Waals surface area contributed by atoms with Crippen LogP contribution >= 0.6 is 11.6 Å². The normalized spacial score (nSPS) is 11.3. The Balaban J connectivity index is 2.05. The van der Waals surface area contributed by atoms with E-state index in [2.05, 4.69) is 11.9 Å². The molecule has 2 heterocycles. The van der Waals surface area contributed by atoms with Crippen LogP contribution in [-0.4, -0.2) is 25.3 Å². The van der Waals surface area contributed by atoms with E-state index in [0.717, 1.165) is 35.8 Å². The number of halogens is 1. The van der Waals surface area contributed by atoms with E-state index >= 15 is 0 Å². The summed E-state index contributed by atoms with van der Waals surface area (Å²) in [5, 5.41) is 0.643. The molecule has 0 atom stereocenters. The van der Waals surface area contributed by atoms with Crippen LogP contribution in [0.3, 0.4) is 0 Å². The summed E-state index contributed by atoms with van der Waals surface area (Å²) in [6.07, 6.45) is 4.29. The van der Waals surface area contributed by atoms with E-state index in [1.54, 1.807) is 23.7 Å². The Kier molecular flexibility index (Phi) is 6.24. The predicted molar refractivity (Wildman–Crippen MR) is 110 cm³/mol. The summed E-state index contributed by atoms with van der Waals surface area (Å²) in [5.74, 6) is 0. The minimum atomic E-state index is -0.414. The third-order valence-corrected chi connectivity index (χ3v) is 5.05. The maximum absolute atomic E-state index is 12.8. The topological polar surface area (TPSA) is 71.1 Å². The van der Waals surface area contributed by atoms with E-state index in [-0.39, 0.29) is 5.56 Å². The zero-order valence-electron chi connectivity index (χ0n) is 16.4. The molecule has 3 aromatic rings. The number of rotatable bonds is 8. The minimum Gasteiger partial charge on any atom is -0.465 e. The Morgan fingerprint density at radius 3 is 2.43 bits per heavy atom. The van der Waals surface area contributed by atoms with Crippen LogP contribution in [0.15, 0.2) is 33.9 Å². The highest BCUT2D eigenvalue weighted by Gasteiger charge is 2.20. The Morgan fingerprint density at radius 2 is 1.75 bits per heavy atom. The first kappa shape index (κ1) is 20.2. The van der Waals surface area contributed by atoms with E-state index < -0.39 is 5.69 Å². The zero-order valence-corrected chi connectivity index (χ0v) is 17.2. The molecule has 8 heteroatoms. The Morgan fingerprint density at radius 1 is 1.04 bits per heavy atom. The number of aryl methyl sites for hydroxylation is 1. The molecule has 0 fully saturated rings. The lowest BCUT2D eigenvalue weighted by Gasteiger charge is -2.10. The molecule has 0 spiro atoms. The number of hydrogen-bond acceptors (Lipinski definition) is 4. The van der Waals surface area contributed by atoms with Crippen LogP contribution in [0.25, 0.3) is 11.2 Å². The molecule has 0 aliphatic carbocycles. The number of unbranched alkanes of at least 4 members (excludes halogenated alkanes) is 3. The van der Waals surface area contributed by atoms with Crippen molar-refractivity contribution in [2.75, 3.05) is 6.61 Å². The monoisotopic (exact) mass is 404 g/mol. The number of ether oxygens (including phenoxy) is 1. The fourth-order valence-electron chi connectivity index (χ4n) is 3.15. The quantitative estimate of drug-likeness (QED) is 0.541. The Hall–Kier alpha value is -2.54. The van der Waals surface area contributed by atoms with Crippen LogP contribution < -0.4 is 16.0 Å². The van der Waals surface area contributed by atoms with Crippen molar-refractivity contribution < 1.29 is 4.74 Å². The van der Waals surface area contributed by atoms with Gasteiger partial charge < -0.3 is 4.74 Å². The van der Waals surface area contributed by atoms with Gasteiger partial charge in [-0.25, -0.2) is 4.79 Å². The maximum atomic E-state index is 12.8. The zero-order chi connectivity index (χ0) is 20.3. The molecule has 2 aromatic heterocycles. The first-order valence-corrected chi connectivity index (χ1v) is 9.85. The summed E-state index contributed by atoms with van der Waals surface area (Å²) in [6, 6.07) is 7.74. The van der Waals surface area contributed by atoms with Gasteiger partial charge in [-0.15, -0.1) is 0 Å². The molecule has 0 bridgehead atoms. The lowest BCUT2D eigenvalue weighted by molar-refractivity contribution is 0.272. The predicted octanol–water partition coefficient (Wildman–Crippen LogP) is 3.09. The standard InChI is InChI=1S/C20H25ClN4O3/c1-4-5-6-7-12-28-19-22-17-16(18(26)24(3)20(27)23(17)2)25(19)13-14-8-10-15(21)11-9-14/h8-11H,4-7,12-13H2,1-3H3. The summed E-state index contributed by atoms with van der Waals surface area (Å²) < 4.78 is 10.1. The number of fused-ring (bicyclic) bond motifs is 1. The minimum absolute atomic E-state index is 0.325. The summed E-state index contributed by atoms with van der Waals surface area (Å²) in [7, 11) is 3.07. The second-order valence-corrected chi connectivity index (χ2v) is 7.33. The average Bonchev–Trinajstić information content (AvgIpc) is 3.04. The van der Waals surface area contributed by atoms with Crippen molar-refractivity contribution in [2.24, 2.45) is 14.1 Å². The van der Waals surface area contributed by atoms with E-state index in [1.807, 2.05) is 12.1 Å². The number of hydrogen-bond donors (Lipinski definition) is 0. The van der Waals surface area contributed by atoms with Crippen LogP contribution in [0.5, 0.6) is 6.01 Å². The average molecular weight is 405 g/mol. The molecular weight excluding hydrogens is 380 g/mol. The van der Waals surface area contributed by atoms with Crippen molar-refractivity contribution >= 4 is 22.8 Å². The molecule has 7 nitrogen and oxygen atoms in total. The van der Waals surface area contributed by atoms with E-state index in [9.17, 15) is 9.59 Å². The lowest BCUT2D eigenvalue weighted by Crippen LogP contribution is -2.37. The van der Waals surface area contributed by atoms with E-state index in [1.165, 1.54) is 11.6 Å². The maximum Gasteiger partial charge on any atom is 0.332 e. The van der Waals surface area contributed by atoms with Gasteiger partial charge in [0.2, 0.25) is 0 Å². The van der Waals surface area contributed by atoms with Crippen LogP contribution in [-0.2, 0) is 20.6 Å². The van der Waals surface area contributed by atoms with Crippen molar-refractivity contribution in [3.05, 3.63) is 55.7 Å². The molecule has 0 radical (unpaired) electrons. The van der Waals surface area contributed by atoms with Crippen LogP contribution in [0.2, 0.25) is 5.02 Å². The van der Waals surface area contributed by atoms with Gasteiger partial charge in [0.05, 0.1) is 13.2 Å². The molecule has 0 aliphatic rings. The SMILES string of the molecule is CCCCCCOc1nc2c(c(=O)n(C)c(=O)n2C)n1Cc1ccc(Cl)cc1. The summed E-state index contributed by atoms with van der Waals surface area (Å²) in [4.78, 5) is 29.6. The molecule has 3 rings (SSSR count). The van der Waals surface area contributed by atoms with E-state index in [4.69, 9.17) is 16.3 Å². The fraction of sp³-hybridized carbons (Fsp3) is 0.450.